The van der Waals surface area contributed by atoms with Crippen LogP contribution in [0.5, 0.6) is 5.75 Å². The van der Waals surface area contributed by atoms with E-state index in [1.165, 1.54) is 50.9 Å². The van der Waals surface area contributed by atoms with Crippen molar-refractivity contribution in [3.63, 3.8) is 0 Å². The lowest BCUT2D eigenvalue weighted by Crippen LogP contribution is -2.32. The van der Waals surface area contributed by atoms with Gasteiger partial charge in [-0.1, -0.05) is 25.1 Å². The largest absolute Gasteiger partial charge is 0.496 e. The van der Waals surface area contributed by atoms with Gasteiger partial charge in [0.05, 0.1) is 7.11 Å². The van der Waals surface area contributed by atoms with Crippen molar-refractivity contribution in [2.75, 3.05) is 33.3 Å². The number of likely N-dealkylation sites (tertiary alicyclic amines) is 1. The number of nitrogens with one attached hydrogen (secondary N) is 1. The van der Waals surface area contributed by atoms with Crippen molar-refractivity contribution in [2.24, 2.45) is 0 Å². The van der Waals surface area contributed by atoms with Crippen LogP contribution >= 0.6 is 0 Å². The summed E-state index contributed by atoms with van der Waals surface area (Å²) in [6, 6.07) is 9.01. The Hall–Kier alpha value is -1.06. The molecule has 0 radical (unpaired) electrons. The number of para-hydroxylation sites is 1. The van der Waals surface area contributed by atoms with Gasteiger partial charge in [-0.3, -0.25) is 0 Å². The van der Waals surface area contributed by atoms with Gasteiger partial charge in [0.15, 0.2) is 0 Å². The summed E-state index contributed by atoms with van der Waals surface area (Å²) in [6.45, 7) is 7.10. The van der Waals surface area contributed by atoms with Gasteiger partial charge >= 0.3 is 0 Å². The SMILES string of the molecule is CCCN1CCCC(NCCc2ccccc2OC)CC1. The van der Waals surface area contributed by atoms with E-state index in [0.29, 0.717) is 6.04 Å². The molecule has 3 nitrogen and oxygen atoms in total. The first-order chi connectivity index (χ1) is 10.3. The zero-order valence-corrected chi connectivity index (χ0v) is 13.6. The Kier molecular flexibility index (Phi) is 7.04. The van der Waals surface area contributed by atoms with E-state index in [2.05, 4.69) is 29.3 Å². The van der Waals surface area contributed by atoms with Gasteiger partial charge in [-0.2, -0.15) is 0 Å². The van der Waals surface area contributed by atoms with Crippen molar-refractivity contribution >= 4 is 0 Å². The lowest BCUT2D eigenvalue weighted by Gasteiger charge is -2.19. The van der Waals surface area contributed by atoms with Crippen molar-refractivity contribution in [1.29, 1.82) is 0 Å². The van der Waals surface area contributed by atoms with Gasteiger partial charge in [0.2, 0.25) is 0 Å². The van der Waals surface area contributed by atoms with Gasteiger partial charge in [0, 0.05) is 6.04 Å². The average molecular weight is 290 g/mol. The van der Waals surface area contributed by atoms with Crippen LogP contribution in [0.3, 0.4) is 0 Å². The van der Waals surface area contributed by atoms with Gasteiger partial charge in [0.1, 0.15) is 5.75 Å². The lowest BCUT2D eigenvalue weighted by molar-refractivity contribution is 0.282. The molecule has 1 saturated heterocycles. The Labute approximate surface area is 129 Å². The fourth-order valence-electron chi connectivity index (χ4n) is 3.22. The predicted octanol–water partition coefficient (Wildman–Crippen LogP) is 3.09. The molecule has 1 aromatic carbocycles. The van der Waals surface area contributed by atoms with E-state index in [1.807, 2.05) is 12.1 Å². The number of rotatable bonds is 7. The van der Waals surface area contributed by atoms with Crippen LogP contribution in [-0.2, 0) is 6.42 Å². The van der Waals surface area contributed by atoms with Crippen LogP contribution in [0.25, 0.3) is 0 Å². The quantitative estimate of drug-likeness (QED) is 0.835. The van der Waals surface area contributed by atoms with Gasteiger partial charge in [-0.15, -0.1) is 0 Å². The van der Waals surface area contributed by atoms with Gasteiger partial charge in [0.25, 0.3) is 0 Å². The molecule has 2 rings (SSSR count). The van der Waals surface area contributed by atoms with Crippen LogP contribution in [0.2, 0.25) is 0 Å². The van der Waals surface area contributed by atoms with Crippen LogP contribution in [-0.4, -0.2) is 44.2 Å². The molecule has 0 aromatic heterocycles. The molecule has 1 fully saturated rings. The molecule has 1 atom stereocenters. The molecule has 0 aliphatic carbocycles. The minimum absolute atomic E-state index is 0.682. The van der Waals surface area contributed by atoms with Crippen LogP contribution in [0, 0.1) is 0 Å². The monoisotopic (exact) mass is 290 g/mol. The highest BCUT2D eigenvalue weighted by Crippen LogP contribution is 2.17. The van der Waals surface area contributed by atoms with Gasteiger partial charge < -0.3 is 15.0 Å². The van der Waals surface area contributed by atoms with Crippen molar-refractivity contribution < 1.29 is 4.74 Å². The molecule has 0 amide bonds. The normalized spacial score (nSPS) is 20.2. The second kappa shape index (κ2) is 9.06. The standard InChI is InChI=1S/C18H30N2O/c1-3-13-20-14-6-8-17(11-15-20)19-12-10-16-7-4-5-9-18(16)21-2/h4-5,7,9,17,19H,3,6,8,10-15H2,1-2H3. The summed E-state index contributed by atoms with van der Waals surface area (Å²) in [5.41, 5.74) is 1.30. The predicted molar refractivity (Wildman–Crippen MR) is 89.1 cm³/mol. The fourth-order valence-corrected chi connectivity index (χ4v) is 3.22. The Morgan fingerprint density at radius 1 is 1.24 bits per heavy atom. The molecule has 0 saturated carbocycles. The molecule has 1 heterocycles. The topological polar surface area (TPSA) is 24.5 Å². The smallest absolute Gasteiger partial charge is 0.122 e. The summed E-state index contributed by atoms with van der Waals surface area (Å²) in [6.07, 6.45) is 6.23. The summed E-state index contributed by atoms with van der Waals surface area (Å²) < 4.78 is 5.41. The maximum absolute atomic E-state index is 5.41. The van der Waals surface area contributed by atoms with Gasteiger partial charge in [-0.05, 0) is 69.9 Å². The van der Waals surface area contributed by atoms with Crippen molar-refractivity contribution in [1.82, 2.24) is 10.2 Å². The Balaban J connectivity index is 1.73. The first kappa shape index (κ1) is 16.3. The number of ether oxygens (including phenoxy) is 1. The van der Waals surface area contributed by atoms with Crippen molar-refractivity contribution in [3.8, 4) is 5.75 Å². The molecule has 0 bridgehead atoms. The summed E-state index contributed by atoms with van der Waals surface area (Å²) >= 11 is 0. The summed E-state index contributed by atoms with van der Waals surface area (Å²) in [7, 11) is 1.75. The first-order valence-electron chi connectivity index (χ1n) is 8.41. The third-order valence-corrected chi connectivity index (χ3v) is 4.38. The van der Waals surface area contributed by atoms with Crippen LogP contribution in [0.15, 0.2) is 24.3 Å². The summed E-state index contributed by atoms with van der Waals surface area (Å²) in [5, 5.41) is 3.74. The minimum Gasteiger partial charge on any atom is -0.496 e. The van der Waals surface area contributed by atoms with E-state index in [9.17, 15) is 0 Å². The second-order valence-electron chi connectivity index (χ2n) is 5.99. The third-order valence-electron chi connectivity index (χ3n) is 4.38. The fraction of sp³-hybridized carbons (Fsp3) is 0.667. The number of hydrogen-bond acceptors (Lipinski definition) is 3. The Morgan fingerprint density at radius 2 is 2.10 bits per heavy atom. The zero-order chi connectivity index (χ0) is 14.9. The molecule has 1 unspecified atom stereocenters. The Morgan fingerprint density at radius 3 is 2.90 bits per heavy atom. The lowest BCUT2D eigenvalue weighted by atomic mass is 10.1. The molecule has 21 heavy (non-hydrogen) atoms. The zero-order valence-electron chi connectivity index (χ0n) is 13.6. The van der Waals surface area contributed by atoms with Crippen molar-refractivity contribution in [2.45, 2.75) is 45.1 Å². The number of hydrogen-bond donors (Lipinski definition) is 1. The minimum atomic E-state index is 0.682. The molecule has 118 valence electrons. The van der Waals surface area contributed by atoms with Crippen LogP contribution in [0.1, 0.15) is 38.2 Å². The summed E-state index contributed by atoms with van der Waals surface area (Å²) in [5.74, 6) is 1.01. The van der Waals surface area contributed by atoms with E-state index in [4.69, 9.17) is 4.74 Å². The van der Waals surface area contributed by atoms with E-state index in [0.717, 1.165) is 18.7 Å². The van der Waals surface area contributed by atoms with Crippen molar-refractivity contribution in [3.05, 3.63) is 29.8 Å². The van der Waals surface area contributed by atoms with E-state index in [-0.39, 0.29) is 0 Å². The summed E-state index contributed by atoms with van der Waals surface area (Å²) in [4.78, 5) is 2.61. The molecule has 1 aromatic rings. The molecular formula is C18H30N2O. The maximum Gasteiger partial charge on any atom is 0.122 e. The molecule has 0 spiro atoms. The van der Waals surface area contributed by atoms with E-state index < -0.39 is 0 Å². The number of nitrogens with zero attached hydrogens (tertiary/aromatic N) is 1. The highest BCUT2D eigenvalue weighted by atomic mass is 16.5. The van der Waals surface area contributed by atoms with Crippen LogP contribution < -0.4 is 10.1 Å². The molecule has 1 N–H and O–H groups in total. The maximum atomic E-state index is 5.41. The van der Waals surface area contributed by atoms with E-state index in [1.54, 1.807) is 7.11 Å². The van der Waals surface area contributed by atoms with E-state index >= 15 is 0 Å². The molecular weight excluding hydrogens is 260 g/mol. The number of benzene rings is 1. The third kappa shape index (κ3) is 5.33. The average Bonchev–Trinajstić information content (AvgIpc) is 2.74. The molecule has 1 aliphatic heterocycles. The molecule has 3 heteroatoms. The van der Waals surface area contributed by atoms with Crippen LogP contribution in [0.4, 0.5) is 0 Å². The van der Waals surface area contributed by atoms with Gasteiger partial charge in [-0.25, -0.2) is 0 Å². The number of methoxy groups -OCH3 is 1. The Bertz CT molecular complexity index is 408. The second-order valence-corrected chi connectivity index (χ2v) is 5.99. The highest BCUT2D eigenvalue weighted by molar-refractivity contribution is 5.33. The highest BCUT2D eigenvalue weighted by Gasteiger charge is 2.15. The first-order valence-corrected chi connectivity index (χ1v) is 8.41. The molecule has 1 aliphatic rings.